The minimum absolute atomic E-state index is 0.0152. The number of carbonyl (C=O) groups excluding carboxylic acids is 2. The minimum atomic E-state index is -0.431. The minimum Gasteiger partial charge on any atom is -0.466 e. The molecule has 0 bridgehead atoms. The molecule has 58 heavy (non-hydrogen) atoms. The van der Waals surface area contributed by atoms with Crippen molar-refractivity contribution in [2.45, 2.75) is 271 Å². The number of nitrogens with zero attached hydrogens (tertiary/aromatic N) is 1. The van der Waals surface area contributed by atoms with Gasteiger partial charge in [-0.15, -0.1) is 0 Å². The molecule has 1 aliphatic rings. The molecular weight excluding hydrogens is 723 g/mol. The molecule has 344 valence electrons. The molecule has 1 aliphatic heterocycles. The van der Waals surface area contributed by atoms with Gasteiger partial charge in [-0.2, -0.15) is 0 Å². The monoisotopic (exact) mass is 822 g/mol. The summed E-state index contributed by atoms with van der Waals surface area (Å²) in [6.45, 7) is 16.4. The van der Waals surface area contributed by atoms with Crippen molar-refractivity contribution in [1.82, 2.24) is 4.90 Å². The van der Waals surface area contributed by atoms with Gasteiger partial charge in [-0.25, -0.2) is 0 Å². The molecule has 7 nitrogen and oxygen atoms in total. The van der Waals surface area contributed by atoms with Gasteiger partial charge in [-0.1, -0.05) is 156 Å². The summed E-state index contributed by atoms with van der Waals surface area (Å²) in [4.78, 5) is 27.6. The van der Waals surface area contributed by atoms with E-state index in [0.717, 1.165) is 64.3 Å². The van der Waals surface area contributed by atoms with Crippen molar-refractivity contribution in [1.29, 1.82) is 0 Å². The van der Waals surface area contributed by atoms with Crippen molar-refractivity contribution in [2.24, 2.45) is 11.8 Å². The van der Waals surface area contributed by atoms with E-state index in [1.165, 1.54) is 141 Å². The van der Waals surface area contributed by atoms with Crippen molar-refractivity contribution in [2.75, 3.05) is 33.4 Å². The van der Waals surface area contributed by atoms with Crippen LogP contribution in [0.5, 0.6) is 0 Å². The first kappa shape index (κ1) is 54.8. The number of ether oxygens (including phenoxy) is 4. The summed E-state index contributed by atoms with van der Waals surface area (Å²) in [5, 5.41) is 0. The Morgan fingerprint density at radius 1 is 0.569 bits per heavy atom. The summed E-state index contributed by atoms with van der Waals surface area (Å²) >= 11 is 0. The first-order valence-electron chi connectivity index (χ1n) is 25.5. The standard InChI is InChI=1S/C51H99NO6/c1-8-12-24-32-46(33-25-13-9-2)42-49(53)55-40-30-22-18-16-20-28-37-51(57-44-48(58-51)36-39-52(7)45(5)6)38-29-21-17-19-23-31-41-56-50(54)43-47(34-26-14-10-3)35-27-15-11-4/h45-48H,8-44H2,1-7H3. The Bertz CT molecular complexity index is 866. The highest BCUT2D eigenvalue weighted by molar-refractivity contribution is 5.70. The van der Waals surface area contributed by atoms with Crippen molar-refractivity contribution >= 4 is 11.9 Å². The maximum atomic E-state index is 12.6. The van der Waals surface area contributed by atoms with Crippen LogP contribution in [0.3, 0.4) is 0 Å². The largest absolute Gasteiger partial charge is 0.466 e. The molecule has 0 aromatic carbocycles. The quantitative estimate of drug-likeness (QED) is 0.0448. The van der Waals surface area contributed by atoms with Gasteiger partial charge in [0, 0.05) is 38.3 Å². The van der Waals surface area contributed by atoms with E-state index in [1.54, 1.807) is 0 Å². The fourth-order valence-corrected chi connectivity index (χ4v) is 8.55. The van der Waals surface area contributed by atoms with Crippen LogP contribution in [0.2, 0.25) is 0 Å². The van der Waals surface area contributed by atoms with E-state index in [9.17, 15) is 9.59 Å². The zero-order valence-corrected chi connectivity index (χ0v) is 39.9. The zero-order valence-electron chi connectivity index (χ0n) is 39.9. The predicted octanol–water partition coefficient (Wildman–Crippen LogP) is 14.7. The Morgan fingerprint density at radius 2 is 0.948 bits per heavy atom. The van der Waals surface area contributed by atoms with Gasteiger partial charge >= 0.3 is 11.9 Å². The molecule has 1 heterocycles. The van der Waals surface area contributed by atoms with Crippen LogP contribution < -0.4 is 0 Å². The Labute approximate surface area is 361 Å². The molecule has 1 saturated heterocycles. The lowest BCUT2D eigenvalue weighted by Crippen LogP contribution is -2.33. The summed E-state index contributed by atoms with van der Waals surface area (Å²) < 4.78 is 24.7. The van der Waals surface area contributed by atoms with Crippen LogP contribution >= 0.6 is 0 Å². The van der Waals surface area contributed by atoms with Gasteiger partial charge in [0.25, 0.3) is 0 Å². The molecule has 0 N–H and O–H groups in total. The lowest BCUT2D eigenvalue weighted by Gasteiger charge is -2.29. The van der Waals surface area contributed by atoms with E-state index in [1.807, 2.05) is 0 Å². The topological polar surface area (TPSA) is 74.3 Å². The summed E-state index contributed by atoms with van der Waals surface area (Å²) in [6, 6.07) is 0.534. The highest BCUT2D eigenvalue weighted by Gasteiger charge is 2.40. The van der Waals surface area contributed by atoms with Crippen molar-refractivity contribution < 1.29 is 28.5 Å². The van der Waals surface area contributed by atoms with Crippen LogP contribution in [0.4, 0.5) is 0 Å². The Hall–Kier alpha value is -1.18. The molecule has 1 rings (SSSR count). The Kier molecular flexibility index (Phi) is 35.5. The molecule has 0 aliphatic carbocycles. The summed E-state index contributed by atoms with van der Waals surface area (Å²) in [6.07, 6.45) is 37.5. The smallest absolute Gasteiger partial charge is 0.306 e. The van der Waals surface area contributed by atoms with Gasteiger partial charge in [0.15, 0.2) is 5.79 Å². The molecular formula is C51H99NO6. The second-order valence-electron chi connectivity index (χ2n) is 18.6. The predicted molar refractivity (Wildman–Crippen MR) is 245 cm³/mol. The normalized spacial score (nSPS) is 15.4. The van der Waals surface area contributed by atoms with Crippen LogP contribution in [0, 0.1) is 11.8 Å². The van der Waals surface area contributed by atoms with Gasteiger partial charge in [0.2, 0.25) is 0 Å². The first-order valence-corrected chi connectivity index (χ1v) is 25.5. The molecule has 1 atom stereocenters. The Morgan fingerprint density at radius 3 is 1.33 bits per heavy atom. The molecule has 0 spiro atoms. The van der Waals surface area contributed by atoms with Crippen molar-refractivity contribution in [3.8, 4) is 0 Å². The number of hydrogen-bond donors (Lipinski definition) is 0. The molecule has 1 fully saturated rings. The van der Waals surface area contributed by atoms with E-state index in [2.05, 4.69) is 53.5 Å². The third kappa shape index (κ3) is 29.9. The highest BCUT2D eigenvalue weighted by Crippen LogP contribution is 2.36. The maximum absolute atomic E-state index is 12.6. The van der Waals surface area contributed by atoms with Gasteiger partial charge in [-0.05, 0) is 90.5 Å². The molecule has 0 aromatic rings. The van der Waals surface area contributed by atoms with Crippen molar-refractivity contribution in [3.63, 3.8) is 0 Å². The average Bonchev–Trinajstić information content (AvgIpc) is 3.61. The SMILES string of the molecule is CCCCCC(CCCCC)CC(=O)OCCCCCCCCC1(CCCCCCCCOC(=O)CC(CCCCC)CCCCC)OCC(CCN(C)C(C)C)O1. The number of unbranched alkanes of at least 4 members (excludes halogenated alkanes) is 18. The number of hydrogen-bond acceptors (Lipinski definition) is 7. The zero-order chi connectivity index (χ0) is 42.5. The molecule has 0 aromatic heterocycles. The molecule has 0 saturated carbocycles. The fourth-order valence-electron chi connectivity index (χ4n) is 8.55. The van der Waals surface area contributed by atoms with Gasteiger partial charge in [0.05, 0.1) is 25.9 Å². The first-order chi connectivity index (χ1) is 28.2. The second-order valence-corrected chi connectivity index (χ2v) is 18.6. The Balaban J connectivity index is 2.35. The van der Waals surface area contributed by atoms with Gasteiger partial charge in [0.1, 0.15) is 0 Å². The third-order valence-electron chi connectivity index (χ3n) is 12.8. The number of esters is 2. The maximum Gasteiger partial charge on any atom is 0.306 e. The van der Waals surface area contributed by atoms with Crippen LogP contribution in [-0.4, -0.2) is 68.2 Å². The lowest BCUT2D eigenvalue weighted by molar-refractivity contribution is -0.180. The summed E-state index contributed by atoms with van der Waals surface area (Å²) in [5.74, 6) is 0.591. The molecule has 0 amide bonds. The lowest BCUT2D eigenvalue weighted by atomic mass is 9.92. The van der Waals surface area contributed by atoms with E-state index < -0.39 is 5.79 Å². The molecule has 7 heteroatoms. The fraction of sp³-hybridized carbons (Fsp3) is 0.961. The summed E-state index contributed by atoms with van der Waals surface area (Å²) in [7, 11) is 2.20. The van der Waals surface area contributed by atoms with Crippen LogP contribution in [0.15, 0.2) is 0 Å². The van der Waals surface area contributed by atoms with E-state index in [4.69, 9.17) is 18.9 Å². The van der Waals surface area contributed by atoms with E-state index in [-0.39, 0.29) is 18.0 Å². The average molecular weight is 822 g/mol. The highest BCUT2D eigenvalue weighted by atomic mass is 16.7. The van der Waals surface area contributed by atoms with Crippen molar-refractivity contribution in [3.05, 3.63) is 0 Å². The van der Waals surface area contributed by atoms with Gasteiger partial charge in [-0.3, -0.25) is 9.59 Å². The van der Waals surface area contributed by atoms with Crippen LogP contribution in [0.1, 0.15) is 253 Å². The van der Waals surface area contributed by atoms with Crippen LogP contribution in [-0.2, 0) is 28.5 Å². The number of carbonyl (C=O) groups is 2. The van der Waals surface area contributed by atoms with E-state index in [0.29, 0.717) is 50.5 Å². The summed E-state index contributed by atoms with van der Waals surface area (Å²) in [5.41, 5.74) is 0. The van der Waals surface area contributed by atoms with E-state index >= 15 is 0 Å². The number of rotatable bonds is 42. The van der Waals surface area contributed by atoms with Crippen LogP contribution in [0.25, 0.3) is 0 Å². The molecule has 0 radical (unpaired) electrons. The van der Waals surface area contributed by atoms with Gasteiger partial charge < -0.3 is 23.8 Å². The third-order valence-corrected chi connectivity index (χ3v) is 12.8. The second kappa shape index (κ2) is 37.6. The molecule has 1 unspecified atom stereocenters.